The molecule has 0 aliphatic rings. The Morgan fingerprint density at radius 3 is 2.50 bits per heavy atom. The van der Waals surface area contributed by atoms with Gasteiger partial charge in [0.25, 0.3) is 11.7 Å². The third-order valence-corrected chi connectivity index (χ3v) is 5.68. The molecule has 7 nitrogen and oxygen atoms in total. The lowest BCUT2D eigenvalue weighted by Gasteiger charge is -2.10. The Labute approximate surface area is 198 Å². The first-order chi connectivity index (χ1) is 16.3. The number of hydrogen-bond acceptors (Lipinski definition) is 6. The number of nitrogens with zero attached hydrogens (tertiary/aromatic N) is 3. The van der Waals surface area contributed by atoms with Crippen molar-refractivity contribution in [2.45, 2.75) is 17.6 Å². The summed E-state index contributed by atoms with van der Waals surface area (Å²) in [5.74, 6) is -3.76. The molecule has 0 saturated heterocycles. The molecular formula is C24H20F2N4O3S. The highest BCUT2D eigenvalue weighted by Gasteiger charge is 2.21. The monoisotopic (exact) mass is 482 g/mol. The zero-order chi connectivity index (χ0) is 24.2. The largest absolute Gasteiger partial charge is 0.452 e. The van der Waals surface area contributed by atoms with E-state index in [4.69, 9.17) is 4.74 Å². The number of pyridine rings is 1. The molecule has 0 saturated carbocycles. The number of amides is 1. The quantitative estimate of drug-likeness (QED) is 0.293. The summed E-state index contributed by atoms with van der Waals surface area (Å²) in [6.45, 7) is 1.25. The van der Waals surface area contributed by atoms with Gasteiger partial charge in [-0.1, -0.05) is 42.1 Å². The van der Waals surface area contributed by atoms with Crippen LogP contribution in [0.15, 0.2) is 65.6 Å². The number of aromatic nitrogens is 3. The van der Waals surface area contributed by atoms with Crippen LogP contribution in [0.5, 0.6) is 0 Å². The van der Waals surface area contributed by atoms with Gasteiger partial charge < -0.3 is 10.1 Å². The van der Waals surface area contributed by atoms with E-state index in [1.807, 2.05) is 30.3 Å². The van der Waals surface area contributed by atoms with E-state index in [9.17, 15) is 18.4 Å². The molecule has 0 aliphatic carbocycles. The van der Waals surface area contributed by atoms with Gasteiger partial charge in [0.05, 0.1) is 22.3 Å². The van der Waals surface area contributed by atoms with Gasteiger partial charge in [-0.3, -0.25) is 9.48 Å². The summed E-state index contributed by atoms with van der Waals surface area (Å²) in [6.07, 6.45) is 0. The van der Waals surface area contributed by atoms with Crippen molar-refractivity contribution in [2.24, 2.45) is 7.05 Å². The smallest absolute Gasteiger partial charge is 0.339 e. The molecular weight excluding hydrogens is 462 g/mol. The fraction of sp³-hybridized carbons (Fsp3) is 0.167. The molecule has 2 aromatic carbocycles. The first-order valence-corrected chi connectivity index (χ1v) is 11.1. The number of alkyl halides is 2. The molecule has 0 aliphatic heterocycles. The summed E-state index contributed by atoms with van der Waals surface area (Å²) in [5.41, 5.74) is 3.20. The summed E-state index contributed by atoms with van der Waals surface area (Å²) in [4.78, 5) is 30.3. The Morgan fingerprint density at radius 2 is 1.82 bits per heavy atom. The van der Waals surface area contributed by atoms with E-state index in [-0.39, 0.29) is 5.56 Å². The highest BCUT2D eigenvalue weighted by atomic mass is 32.2. The molecule has 0 atom stereocenters. The van der Waals surface area contributed by atoms with Crippen LogP contribution < -0.4 is 5.32 Å². The molecule has 2 heterocycles. The van der Waals surface area contributed by atoms with Crippen LogP contribution >= 0.6 is 11.8 Å². The van der Waals surface area contributed by atoms with Crippen LogP contribution in [0.2, 0.25) is 0 Å². The van der Waals surface area contributed by atoms with Gasteiger partial charge in [-0.25, -0.2) is 9.78 Å². The van der Waals surface area contributed by atoms with Gasteiger partial charge >= 0.3 is 5.97 Å². The average Bonchev–Trinajstić information content (AvgIpc) is 3.11. The Bertz CT molecular complexity index is 1340. The maximum Gasteiger partial charge on any atom is 0.339 e. The average molecular weight is 483 g/mol. The number of nitrogens with one attached hydrogen (secondary N) is 1. The van der Waals surface area contributed by atoms with Gasteiger partial charge in [-0.2, -0.15) is 13.9 Å². The number of ether oxygens (including phenoxy) is 1. The Kier molecular flexibility index (Phi) is 6.87. The third-order valence-electron chi connectivity index (χ3n) is 4.96. The lowest BCUT2D eigenvalue weighted by molar-refractivity contribution is -0.119. The molecule has 1 N–H and O–H groups in total. The van der Waals surface area contributed by atoms with Gasteiger partial charge in [0.2, 0.25) is 0 Å². The lowest BCUT2D eigenvalue weighted by atomic mass is 10.1. The fourth-order valence-corrected chi connectivity index (χ4v) is 3.99. The number of esters is 1. The minimum absolute atomic E-state index is 0.260. The van der Waals surface area contributed by atoms with Crippen LogP contribution in [0, 0.1) is 6.92 Å². The minimum atomic E-state index is -2.52. The van der Waals surface area contributed by atoms with Gasteiger partial charge in [0.15, 0.2) is 12.3 Å². The summed E-state index contributed by atoms with van der Waals surface area (Å²) >= 11 is 0.414. The van der Waals surface area contributed by atoms with E-state index in [1.165, 1.54) is 24.3 Å². The number of hydrogen-bond donors (Lipinski definition) is 1. The number of anilines is 1. The second-order valence-electron chi connectivity index (χ2n) is 7.36. The predicted molar refractivity (Wildman–Crippen MR) is 126 cm³/mol. The van der Waals surface area contributed by atoms with E-state index in [1.54, 1.807) is 24.7 Å². The lowest BCUT2D eigenvalue weighted by Crippen LogP contribution is -2.21. The number of carbonyl (C=O) groups excluding carboxylic acids is 2. The van der Waals surface area contributed by atoms with Crippen molar-refractivity contribution in [3.8, 4) is 11.3 Å². The maximum atomic E-state index is 13.0. The van der Waals surface area contributed by atoms with E-state index >= 15 is 0 Å². The van der Waals surface area contributed by atoms with Gasteiger partial charge in [-0.05, 0) is 37.3 Å². The van der Waals surface area contributed by atoms with Crippen LogP contribution in [0.1, 0.15) is 16.1 Å². The number of aryl methyl sites for hydroxylation is 2. The van der Waals surface area contributed by atoms with Crippen LogP contribution in [0.3, 0.4) is 0 Å². The number of fused-ring (bicyclic) bond motifs is 1. The zero-order valence-corrected chi connectivity index (χ0v) is 19.1. The highest BCUT2D eigenvalue weighted by Crippen LogP contribution is 2.28. The molecule has 0 spiro atoms. The van der Waals surface area contributed by atoms with E-state index in [0.717, 1.165) is 5.56 Å². The molecule has 4 rings (SSSR count). The first kappa shape index (κ1) is 23.4. The molecule has 1 amide bonds. The van der Waals surface area contributed by atoms with E-state index in [2.05, 4.69) is 15.4 Å². The van der Waals surface area contributed by atoms with Crippen molar-refractivity contribution >= 4 is 40.4 Å². The molecule has 2 aromatic heterocycles. The standard InChI is InChI=1S/C24H20F2N4O3S/c1-14-21-18(12-19(15-6-4-3-5-7-15)28-22(21)30(2)29-14)23(32)33-13-20(31)27-16-8-10-17(11-9-16)34-24(25)26/h3-12,24H,13H2,1-2H3,(H,27,31). The molecule has 0 unspecified atom stereocenters. The number of halogens is 2. The Morgan fingerprint density at radius 1 is 1.12 bits per heavy atom. The first-order valence-electron chi connectivity index (χ1n) is 10.2. The van der Waals surface area contributed by atoms with Gasteiger partial charge in [-0.15, -0.1) is 0 Å². The van der Waals surface area contributed by atoms with E-state index in [0.29, 0.717) is 44.8 Å². The Hall–Kier alpha value is -3.79. The van der Waals surface area contributed by atoms with Crippen LogP contribution in [-0.2, 0) is 16.6 Å². The third kappa shape index (κ3) is 5.23. The zero-order valence-electron chi connectivity index (χ0n) is 18.3. The fourth-order valence-electron chi connectivity index (χ4n) is 3.49. The van der Waals surface area contributed by atoms with Crippen molar-refractivity contribution in [2.75, 3.05) is 11.9 Å². The second-order valence-corrected chi connectivity index (χ2v) is 8.42. The van der Waals surface area contributed by atoms with Gasteiger partial charge in [0, 0.05) is 23.2 Å². The summed E-state index contributed by atoms with van der Waals surface area (Å²) in [7, 11) is 1.74. The summed E-state index contributed by atoms with van der Waals surface area (Å²) in [5, 5.41) is 7.50. The van der Waals surface area contributed by atoms with Crippen molar-refractivity contribution in [3.05, 3.63) is 71.9 Å². The number of carbonyl (C=O) groups is 2. The van der Waals surface area contributed by atoms with Crippen molar-refractivity contribution < 1.29 is 23.1 Å². The van der Waals surface area contributed by atoms with Crippen LogP contribution in [0.25, 0.3) is 22.3 Å². The van der Waals surface area contributed by atoms with Crippen molar-refractivity contribution in [3.63, 3.8) is 0 Å². The number of benzene rings is 2. The number of rotatable bonds is 7. The summed E-state index contributed by atoms with van der Waals surface area (Å²) < 4.78 is 31.7. The van der Waals surface area contributed by atoms with E-state index < -0.39 is 24.2 Å². The maximum absolute atomic E-state index is 13.0. The Balaban J connectivity index is 1.51. The van der Waals surface area contributed by atoms with Gasteiger partial charge in [0.1, 0.15) is 0 Å². The normalized spacial score (nSPS) is 11.1. The molecule has 0 fully saturated rings. The van der Waals surface area contributed by atoms with Crippen LogP contribution in [-0.4, -0.2) is 39.0 Å². The molecule has 0 bridgehead atoms. The topological polar surface area (TPSA) is 86.1 Å². The van der Waals surface area contributed by atoms with Crippen molar-refractivity contribution in [1.29, 1.82) is 0 Å². The SMILES string of the molecule is Cc1nn(C)c2nc(-c3ccccc3)cc(C(=O)OCC(=O)Nc3ccc(SC(F)F)cc3)c12. The minimum Gasteiger partial charge on any atom is -0.452 e. The molecule has 4 aromatic rings. The molecule has 174 valence electrons. The van der Waals surface area contributed by atoms with Crippen molar-refractivity contribution in [1.82, 2.24) is 14.8 Å². The molecule has 10 heteroatoms. The molecule has 34 heavy (non-hydrogen) atoms. The number of thioether (sulfide) groups is 1. The van der Waals surface area contributed by atoms with Crippen LogP contribution in [0.4, 0.5) is 14.5 Å². The highest BCUT2D eigenvalue weighted by molar-refractivity contribution is 7.99. The molecule has 0 radical (unpaired) electrons. The summed E-state index contributed by atoms with van der Waals surface area (Å²) in [6, 6.07) is 17.0. The second kappa shape index (κ2) is 10.0. The predicted octanol–water partition coefficient (Wildman–Crippen LogP) is 5.05.